The van der Waals surface area contributed by atoms with Crippen LogP contribution in [0.4, 0.5) is 17.1 Å². The maximum Gasteiger partial charge on any atom is 0.0709 e. The molecule has 8 aromatic carbocycles. The van der Waals surface area contributed by atoms with Crippen LogP contribution in [-0.4, -0.2) is 14.5 Å². The van der Waals surface area contributed by atoms with Gasteiger partial charge < -0.3 is 9.47 Å². The molecule has 0 saturated carbocycles. The van der Waals surface area contributed by atoms with Crippen LogP contribution in [0.1, 0.15) is 5.56 Å². The number of aryl methyl sites for hydroxylation is 1. The van der Waals surface area contributed by atoms with E-state index in [1.165, 1.54) is 32.9 Å². The molecule has 0 aliphatic carbocycles. The van der Waals surface area contributed by atoms with Crippen molar-refractivity contribution < 1.29 is 0 Å². The van der Waals surface area contributed by atoms with Gasteiger partial charge in [0.2, 0.25) is 0 Å². The number of hydrogen-bond acceptors (Lipinski definition) is 3. The Labute approximate surface area is 367 Å². The molecular formula is C59H42N4. The van der Waals surface area contributed by atoms with E-state index in [2.05, 4.69) is 229 Å². The van der Waals surface area contributed by atoms with Crippen molar-refractivity contribution >= 4 is 38.9 Å². The quantitative estimate of drug-likeness (QED) is 0.146. The van der Waals surface area contributed by atoms with Gasteiger partial charge in [0.05, 0.1) is 22.4 Å². The molecule has 0 spiro atoms. The predicted octanol–water partition coefficient (Wildman–Crippen LogP) is 15.7. The fourth-order valence-electron chi connectivity index (χ4n) is 8.89. The molecule has 298 valence electrons. The minimum atomic E-state index is 0.908. The van der Waals surface area contributed by atoms with Crippen LogP contribution in [0.2, 0.25) is 0 Å². The third-order valence-corrected chi connectivity index (χ3v) is 12.0. The zero-order chi connectivity index (χ0) is 42.1. The van der Waals surface area contributed by atoms with Crippen molar-refractivity contribution in [2.24, 2.45) is 0 Å². The summed E-state index contributed by atoms with van der Waals surface area (Å²) in [7, 11) is 0. The molecule has 63 heavy (non-hydrogen) atoms. The molecule has 0 aliphatic heterocycles. The lowest BCUT2D eigenvalue weighted by molar-refractivity contribution is 1.17. The second-order valence-electron chi connectivity index (χ2n) is 15.9. The number of anilines is 3. The lowest BCUT2D eigenvalue weighted by Gasteiger charge is -2.27. The smallest absolute Gasteiger partial charge is 0.0709 e. The number of nitrogens with zero attached hydrogens (tertiary/aromatic N) is 4. The standard InChI is InChI=1S/C59H42N4/c1-41-40-61-57(39-55(41)45-28-26-44(27-29-45)42-15-4-2-5-16-42)48-35-47(43-17-6-3-7-18-43)37-52(38-48)62(51-20-14-19-46(36-51)56-23-12-13-34-60-56)49-30-32-50(33-31-49)63-58-24-10-8-21-53(58)54-22-9-11-25-59(54)63/h2-40H,1H3. The van der Waals surface area contributed by atoms with E-state index >= 15 is 0 Å². The minimum absolute atomic E-state index is 0.908. The van der Waals surface area contributed by atoms with E-state index in [9.17, 15) is 0 Å². The molecule has 11 aromatic rings. The Kier molecular flexibility index (Phi) is 9.72. The van der Waals surface area contributed by atoms with E-state index in [0.717, 1.165) is 73.1 Å². The first-order valence-corrected chi connectivity index (χ1v) is 21.4. The molecule has 0 saturated heterocycles. The van der Waals surface area contributed by atoms with E-state index in [1.54, 1.807) is 0 Å². The van der Waals surface area contributed by atoms with E-state index in [-0.39, 0.29) is 0 Å². The van der Waals surface area contributed by atoms with Gasteiger partial charge in [-0.1, -0.05) is 140 Å². The maximum atomic E-state index is 5.09. The number of hydrogen-bond donors (Lipinski definition) is 0. The lowest BCUT2D eigenvalue weighted by Crippen LogP contribution is -2.11. The van der Waals surface area contributed by atoms with Crippen LogP contribution in [0.5, 0.6) is 0 Å². The predicted molar refractivity (Wildman–Crippen MR) is 263 cm³/mol. The fourth-order valence-corrected chi connectivity index (χ4v) is 8.89. The zero-order valence-electron chi connectivity index (χ0n) is 34.8. The maximum absolute atomic E-state index is 5.09. The van der Waals surface area contributed by atoms with E-state index < -0.39 is 0 Å². The Morgan fingerprint density at radius 2 is 0.937 bits per heavy atom. The van der Waals surface area contributed by atoms with Crippen molar-refractivity contribution in [2.45, 2.75) is 6.92 Å². The molecule has 0 unspecified atom stereocenters. The molecule has 0 aliphatic rings. The van der Waals surface area contributed by atoms with E-state index in [0.29, 0.717) is 0 Å². The molecule has 3 heterocycles. The molecule has 0 fully saturated rings. The van der Waals surface area contributed by atoms with Gasteiger partial charge in [-0.05, 0) is 131 Å². The van der Waals surface area contributed by atoms with E-state index in [4.69, 9.17) is 9.97 Å². The Morgan fingerprint density at radius 3 is 1.62 bits per heavy atom. The Hall–Kier alpha value is -8.34. The number of para-hydroxylation sites is 2. The molecule has 3 aromatic heterocycles. The molecule has 0 radical (unpaired) electrons. The van der Waals surface area contributed by atoms with Crippen LogP contribution < -0.4 is 4.90 Å². The number of rotatable bonds is 9. The van der Waals surface area contributed by atoms with Crippen LogP contribution in [0.3, 0.4) is 0 Å². The van der Waals surface area contributed by atoms with Crippen molar-refractivity contribution in [3.05, 3.63) is 242 Å². The highest BCUT2D eigenvalue weighted by molar-refractivity contribution is 6.09. The average Bonchev–Trinajstić information content (AvgIpc) is 3.70. The van der Waals surface area contributed by atoms with E-state index in [1.807, 2.05) is 24.5 Å². The first-order valence-electron chi connectivity index (χ1n) is 21.4. The minimum Gasteiger partial charge on any atom is -0.310 e. The van der Waals surface area contributed by atoms with Gasteiger partial charge >= 0.3 is 0 Å². The topological polar surface area (TPSA) is 34.0 Å². The highest BCUT2D eigenvalue weighted by Crippen LogP contribution is 2.42. The number of aromatic nitrogens is 3. The second kappa shape index (κ2) is 16.3. The largest absolute Gasteiger partial charge is 0.310 e. The SMILES string of the molecule is Cc1cnc(-c2cc(-c3ccccc3)cc(N(c3ccc(-n4c5ccccc5c5ccccc54)cc3)c3cccc(-c4ccccn4)c3)c2)cc1-c1ccc(-c2ccccc2)cc1. The molecule has 11 rings (SSSR count). The molecule has 0 bridgehead atoms. The normalized spacial score (nSPS) is 11.3. The van der Waals surface area contributed by atoms with Gasteiger partial charge in [-0.2, -0.15) is 0 Å². The number of pyridine rings is 2. The van der Waals surface area contributed by atoms with Gasteiger partial charge in [-0.25, -0.2) is 0 Å². The average molecular weight is 807 g/mol. The van der Waals surface area contributed by atoms with Gasteiger partial charge in [0.15, 0.2) is 0 Å². The molecular weight excluding hydrogens is 765 g/mol. The monoisotopic (exact) mass is 806 g/mol. The molecule has 0 atom stereocenters. The van der Waals surface area contributed by atoms with Crippen LogP contribution in [0.25, 0.3) is 83.4 Å². The second-order valence-corrected chi connectivity index (χ2v) is 15.9. The Balaban J connectivity index is 1.07. The van der Waals surface area contributed by atoms with Gasteiger partial charge in [-0.15, -0.1) is 0 Å². The van der Waals surface area contributed by atoms with Crippen molar-refractivity contribution in [2.75, 3.05) is 4.90 Å². The Morgan fingerprint density at radius 1 is 0.365 bits per heavy atom. The zero-order valence-corrected chi connectivity index (χ0v) is 34.8. The first kappa shape index (κ1) is 37.6. The third-order valence-electron chi connectivity index (χ3n) is 12.0. The van der Waals surface area contributed by atoms with Gasteiger partial charge in [0.25, 0.3) is 0 Å². The lowest BCUT2D eigenvalue weighted by atomic mass is 9.95. The molecule has 0 N–H and O–H groups in total. The van der Waals surface area contributed by atoms with Crippen molar-refractivity contribution in [1.82, 2.24) is 14.5 Å². The summed E-state index contributed by atoms with van der Waals surface area (Å²) in [4.78, 5) is 12.2. The van der Waals surface area contributed by atoms with Crippen molar-refractivity contribution in [3.8, 4) is 61.6 Å². The summed E-state index contributed by atoms with van der Waals surface area (Å²) < 4.78 is 2.37. The van der Waals surface area contributed by atoms with Gasteiger partial charge in [0.1, 0.15) is 0 Å². The molecule has 4 heteroatoms. The Bertz CT molecular complexity index is 3320. The number of benzene rings is 8. The van der Waals surface area contributed by atoms with Crippen molar-refractivity contribution in [1.29, 1.82) is 0 Å². The van der Waals surface area contributed by atoms with Crippen molar-refractivity contribution in [3.63, 3.8) is 0 Å². The first-order chi connectivity index (χ1) is 31.1. The fraction of sp³-hybridized carbons (Fsp3) is 0.0169. The summed E-state index contributed by atoms with van der Waals surface area (Å²) in [5.41, 5.74) is 18.5. The van der Waals surface area contributed by atoms with Crippen LogP contribution in [-0.2, 0) is 0 Å². The van der Waals surface area contributed by atoms with Gasteiger partial charge in [0, 0.05) is 57.0 Å². The summed E-state index contributed by atoms with van der Waals surface area (Å²) in [5.74, 6) is 0. The molecule has 4 nitrogen and oxygen atoms in total. The third kappa shape index (κ3) is 7.24. The summed E-state index contributed by atoms with van der Waals surface area (Å²) in [6, 6.07) is 80.1. The highest BCUT2D eigenvalue weighted by atomic mass is 15.1. The summed E-state index contributed by atoms with van der Waals surface area (Å²) >= 11 is 0. The van der Waals surface area contributed by atoms with Crippen LogP contribution in [0.15, 0.2) is 237 Å². The summed E-state index contributed by atoms with van der Waals surface area (Å²) in [6.07, 6.45) is 3.86. The molecule has 0 amide bonds. The highest BCUT2D eigenvalue weighted by Gasteiger charge is 2.19. The number of fused-ring (bicyclic) bond motifs is 3. The summed E-state index contributed by atoms with van der Waals surface area (Å²) in [5, 5.41) is 2.49. The van der Waals surface area contributed by atoms with Crippen LogP contribution in [0, 0.1) is 6.92 Å². The van der Waals surface area contributed by atoms with Crippen LogP contribution >= 0.6 is 0 Å². The summed E-state index contributed by atoms with van der Waals surface area (Å²) in [6.45, 7) is 2.14. The van der Waals surface area contributed by atoms with Gasteiger partial charge in [-0.3, -0.25) is 9.97 Å².